The van der Waals surface area contributed by atoms with Gasteiger partial charge in [-0.3, -0.25) is 14.8 Å². The number of allylic oxidation sites excluding steroid dienone is 1. The van der Waals surface area contributed by atoms with E-state index in [2.05, 4.69) is 36.1 Å². The number of nitriles is 1. The fourth-order valence-corrected chi connectivity index (χ4v) is 2.97. The van der Waals surface area contributed by atoms with Crippen molar-refractivity contribution in [2.75, 3.05) is 13.7 Å². The van der Waals surface area contributed by atoms with Crippen LogP contribution >= 0.6 is 11.8 Å². The van der Waals surface area contributed by atoms with E-state index in [-0.39, 0.29) is 22.8 Å². The summed E-state index contributed by atoms with van der Waals surface area (Å²) in [5, 5.41) is 22.2. The van der Waals surface area contributed by atoms with Crippen LogP contribution in [0.3, 0.4) is 0 Å². The van der Waals surface area contributed by atoms with E-state index in [9.17, 15) is 10.1 Å². The van der Waals surface area contributed by atoms with Gasteiger partial charge in [0.1, 0.15) is 11.6 Å². The number of aliphatic imine (C=N–C) groups is 1. The molecule has 0 spiro atoms. The van der Waals surface area contributed by atoms with Gasteiger partial charge in [-0.05, 0) is 18.6 Å². The Labute approximate surface area is 159 Å². The molecule has 0 fully saturated rings. The second-order valence-corrected chi connectivity index (χ2v) is 8.22. The highest BCUT2D eigenvalue weighted by Gasteiger charge is 2.18. The first kappa shape index (κ1) is 21.9. The Morgan fingerprint density at radius 3 is 2.62 bits per heavy atom. The molecule has 1 rings (SSSR count). The van der Waals surface area contributed by atoms with Crippen LogP contribution in [-0.4, -0.2) is 40.4 Å². The molecule has 1 heterocycles. The number of aliphatic hydroxyl groups excluding tert-OH is 1. The van der Waals surface area contributed by atoms with Crippen LogP contribution in [-0.2, 0) is 10.2 Å². The molecular formula is C19H26N4O2S. The highest BCUT2D eigenvalue weighted by atomic mass is 32.2. The third kappa shape index (κ3) is 6.28. The van der Waals surface area contributed by atoms with E-state index in [1.165, 1.54) is 11.8 Å². The number of rotatable bonds is 6. The summed E-state index contributed by atoms with van der Waals surface area (Å²) in [7, 11) is 1.63. The summed E-state index contributed by atoms with van der Waals surface area (Å²) in [6.45, 7) is 8.26. The first-order chi connectivity index (χ1) is 12.3. The van der Waals surface area contributed by atoms with Crippen molar-refractivity contribution in [1.29, 1.82) is 5.26 Å². The summed E-state index contributed by atoms with van der Waals surface area (Å²) >= 11 is 1.44. The van der Waals surface area contributed by atoms with Crippen molar-refractivity contribution in [3.05, 3.63) is 35.2 Å². The molecule has 1 unspecified atom stereocenters. The number of nitrogens with one attached hydrogen (secondary N) is 1. The Morgan fingerprint density at radius 1 is 1.50 bits per heavy atom. The fraction of sp³-hybridized carbons (Fsp3) is 0.474. The Kier molecular flexibility index (Phi) is 8.49. The predicted molar refractivity (Wildman–Crippen MR) is 107 cm³/mol. The Morgan fingerprint density at radius 2 is 2.19 bits per heavy atom. The van der Waals surface area contributed by atoms with E-state index < -0.39 is 0 Å². The maximum atomic E-state index is 11.4. The maximum absolute atomic E-state index is 11.4. The molecule has 0 saturated heterocycles. The van der Waals surface area contributed by atoms with Crippen LogP contribution in [0.1, 0.15) is 45.4 Å². The number of hydrogen-bond donors (Lipinski definition) is 2. The highest BCUT2D eigenvalue weighted by molar-refractivity contribution is 8.14. The SMILES string of the molecule is CN=C(N/C(=C(/C#N)C=O)c1ccc(C(C)(C)C)nc1)SC(C)CCO. The zero-order valence-corrected chi connectivity index (χ0v) is 16.7. The highest BCUT2D eigenvalue weighted by Crippen LogP contribution is 2.23. The molecule has 6 nitrogen and oxygen atoms in total. The average molecular weight is 375 g/mol. The van der Waals surface area contributed by atoms with Gasteiger partial charge in [-0.1, -0.05) is 39.5 Å². The predicted octanol–water partition coefficient (Wildman–Crippen LogP) is 2.89. The molecule has 7 heteroatoms. The normalized spacial score (nSPS) is 14.3. The van der Waals surface area contributed by atoms with Crippen LogP contribution in [0.5, 0.6) is 0 Å². The summed E-state index contributed by atoms with van der Waals surface area (Å²) in [4.78, 5) is 20.0. The zero-order chi connectivity index (χ0) is 19.7. The number of aliphatic hydroxyl groups is 1. The van der Waals surface area contributed by atoms with Crippen molar-refractivity contribution in [3.8, 4) is 6.07 Å². The Balaban J connectivity index is 3.21. The molecule has 0 aliphatic carbocycles. The van der Waals surface area contributed by atoms with Gasteiger partial charge in [0.15, 0.2) is 11.5 Å². The van der Waals surface area contributed by atoms with E-state index in [0.29, 0.717) is 29.1 Å². The minimum atomic E-state index is -0.0931. The summed E-state index contributed by atoms with van der Waals surface area (Å²) in [6.07, 6.45) is 2.79. The standard InChI is InChI=1S/C19H26N4O2S/c1-13(8-9-24)26-18(21-5)23-17(15(10-20)12-25)14-6-7-16(22-11-14)19(2,3)4/h6-7,11-13,24H,8-9H2,1-5H3,(H,21,23)/b17-15-. The molecule has 26 heavy (non-hydrogen) atoms. The summed E-state index contributed by atoms with van der Waals surface area (Å²) < 4.78 is 0. The number of carbonyl (C=O) groups is 1. The molecule has 0 bridgehead atoms. The molecule has 0 aliphatic heterocycles. The van der Waals surface area contributed by atoms with Crippen molar-refractivity contribution in [3.63, 3.8) is 0 Å². The lowest BCUT2D eigenvalue weighted by Gasteiger charge is -2.19. The van der Waals surface area contributed by atoms with Gasteiger partial charge in [0.2, 0.25) is 0 Å². The van der Waals surface area contributed by atoms with Crippen LogP contribution in [0.25, 0.3) is 5.70 Å². The summed E-state index contributed by atoms with van der Waals surface area (Å²) in [5.74, 6) is 0. The summed E-state index contributed by atoms with van der Waals surface area (Å²) in [6, 6.07) is 5.65. The van der Waals surface area contributed by atoms with Gasteiger partial charge < -0.3 is 10.4 Å². The number of carbonyl (C=O) groups excluding carboxylic acids is 1. The second-order valence-electron chi connectivity index (χ2n) is 6.79. The summed E-state index contributed by atoms with van der Waals surface area (Å²) in [5.41, 5.74) is 1.81. The van der Waals surface area contributed by atoms with Crippen LogP contribution in [0, 0.1) is 11.3 Å². The number of amidine groups is 1. The number of hydrogen-bond acceptors (Lipinski definition) is 6. The van der Waals surface area contributed by atoms with E-state index in [1.54, 1.807) is 13.2 Å². The molecule has 1 atom stereocenters. The molecule has 140 valence electrons. The van der Waals surface area contributed by atoms with Crippen LogP contribution in [0.15, 0.2) is 28.9 Å². The number of nitrogens with zero attached hydrogens (tertiary/aromatic N) is 3. The lowest BCUT2D eigenvalue weighted by Crippen LogP contribution is -2.23. The Bertz CT molecular complexity index is 713. The van der Waals surface area contributed by atoms with Gasteiger partial charge in [0.25, 0.3) is 0 Å². The molecule has 0 aromatic carbocycles. The first-order valence-electron chi connectivity index (χ1n) is 8.34. The topological polar surface area (TPSA) is 98.4 Å². The fourth-order valence-electron chi connectivity index (χ4n) is 2.10. The molecule has 0 amide bonds. The van der Waals surface area contributed by atoms with Crippen molar-refractivity contribution in [2.24, 2.45) is 4.99 Å². The second kappa shape index (κ2) is 10.1. The van der Waals surface area contributed by atoms with Crippen molar-refractivity contribution < 1.29 is 9.90 Å². The van der Waals surface area contributed by atoms with Gasteiger partial charge in [0.05, 0.1) is 5.70 Å². The van der Waals surface area contributed by atoms with Gasteiger partial charge in [-0.2, -0.15) is 5.26 Å². The molecule has 0 saturated carbocycles. The third-order valence-electron chi connectivity index (χ3n) is 3.61. The molecular weight excluding hydrogens is 348 g/mol. The number of aldehydes is 1. The lowest BCUT2D eigenvalue weighted by atomic mass is 9.91. The maximum Gasteiger partial charge on any atom is 0.162 e. The quantitative estimate of drug-likeness (QED) is 0.261. The van der Waals surface area contributed by atoms with Gasteiger partial charge in [-0.25, -0.2) is 0 Å². The smallest absolute Gasteiger partial charge is 0.162 e. The van der Waals surface area contributed by atoms with E-state index in [1.807, 2.05) is 25.1 Å². The van der Waals surface area contributed by atoms with Crippen LogP contribution in [0.2, 0.25) is 0 Å². The number of aromatic nitrogens is 1. The zero-order valence-electron chi connectivity index (χ0n) is 15.9. The number of thioether (sulfide) groups is 1. The van der Waals surface area contributed by atoms with Gasteiger partial charge >= 0.3 is 0 Å². The van der Waals surface area contributed by atoms with Crippen molar-refractivity contribution in [2.45, 2.75) is 44.8 Å². The first-order valence-corrected chi connectivity index (χ1v) is 9.22. The largest absolute Gasteiger partial charge is 0.396 e. The number of pyridine rings is 1. The Hall–Kier alpha value is -2.17. The van der Waals surface area contributed by atoms with Crippen molar-refractivity contribution in [1.82, 2.24) is 10.3 Å². The van der Waals surface area contributed by atoms with Crippen LogP contribution < -0.4 is 5.32 Å². The molecule has 2 N–H and O–H groups in total. The average Bonchev–Trinajstić information content (AvgIpc) is 2.60. The van der Waals surface area contributed by atoms with E-state index >= 15 is 0 Å². The molecule has 1 aromatic rings. The van der Waals surface area contributed by atoms with E-state index in [4.69, 9.17) is 5.11 Å². The van der Waals surface area contributed by atoms with Gasteiger partial charge in [0, 0.05) is 41.8 Å². The monoisotopic (exact) mass is 374 g/mol. The molecule has 1 aromatic heterocycles. The van der Waals surface area contributed by atoms with Gasteiger partial charge in [-0.15, -0.1) is 0 Å². The lowest BCUT2D eigenvalue weighted by molar-refractivity contribution is -0.104. The van der Waals surface area contributed by atoms with E-state index in [0.717, 1.165) is 5.69 Å². The molecule has 0 radical (unpaired) electrons. The third-order valence-corrected chi connectivity index (χ3v) is 4.76. The molecule has 0 aliphatic rings. The minimum absolute atomic E-state index is 0.0214. The minimum Gasteiger partial charge on any atom is -0.396 e. The van der Waals surface area contributed by atoms with Crippen LogP contribution in [0.4, 0.5) is 0 Å². The van der Waals surface area contributed by atoms with Crippen molar-refractivity contribution >= 4 is 28.9 Å².